The second kappa shape index (κ2) is 8.77. The van der Waals surface area contributed by atoms with E-state index >= 15 is 0 Å². The molecule has 1 atom stereocenters. The van der Waals surface area contributed by atoms with E-state index in [-0.39, 0.29) is 36.6 Å². The van der Waals surface area contributed by atoms with Crippen LogP contribution in [0.15, 0.2) is 29.4 Å². The van der Waals surface area contributed by atoms with Crippen LogP contribution in [-0.4, -0.2) is 54.1 Å². The summed E-state index contributed by atoms with van der Waals surface area (Å²) in [4.78, 5) is 37.9. The monoisotopic (exact) mass is 372 g/mol. The SMILES string of the molecule is Cc1cccc(CNC(=O)C[C@H]2COCCN2C(=O)C2=NNC(=O)CC2)c1. The molecule has 0 saturated carbocycles. The minimum Gasteiger partial charge on any atom is -0.377 e. The van der Waals surface area contributed by atoms with Gasteiger partial charge in [0.15, 0.2) is 0 Å². The first kappa shape index (κ1) is 19.0. The molecule has 8 heteroatoms. The number of benzene rings is 1. The number of nitrogens with one attached hydrogen (secondary N) is 2. The third-order valence-corrected chi connectivity index (χ3v) is 4.63. The summed E-state index contributed by atoms with van der Waals surface area (Å²) in [6, 6.07) is 7.60. The van der Waals surface area contributed by atoms with Crippen molar-refractivity contribution in [2.45, 2.75) is 38.8 Å². The van der Waals surface area contributed by atoms with Crippen LogP contribution in [0.3, 0.4) is 0 Å². The number of ether oxygens (including phenoxy) is 1. The maximum atomic E-state index is 12.7. The lowest BCUT2D eigenvalue weighted by Crippen LogP contribution is -2.53. The number of nitrogens with zero attached hydrogens (tertiary/aromatic N) is 2. The number of hydrogen-bond acceptors (Lipinski definition) is 5. The number of aryl methyl sites for hydroxylation is 1. The molecule has 0 unspecified atom stereocenters. The molecule has 1 aromatic rings. The first-order chi connectivity index (χ1) is 13.0. The van der Waals surface area contributed by atoms with Gasteiger partial charge in [-0.15, -0.1) is 0 Å². The van der Waals surface area contributed by atoms with Crippen LogP contribution >= 0.6 is 0 Å². The van der Waals surface area contributed by atoms with Crippen LogP contribution in [0.25, 0.3) is 0 Å². The number of hydrogen-bond donors (Lipinski definition) is 2. The molecule has 144 valence electrons. The number of carbonyl (C=O) groups excluding carboxylic acids is 3. The van der Waals surface area contributed by atoms with Gasteiger partial charge in [0.05, 0.1) is 19.3 Å². The standard InChI is InChI=1S/C19H24N4O4/c1-13-3-2-4-14(9-13)11-20-18(25)10-15-12-27-8-7-23(15)19(26)16-5-6-17(24)22-21-16/h2-4,9,15H,5-8,10-12H2,1H3,(H,20,25)(H,22,24)/t15-/m0/s1. The molecule has 3 amide bonds. The zero-order valence-corrected chi connectivity index (χ0v) is 15.4. The van der Waals surface area contributed by atoms with Gasteiger partial charge in [0.1, 0.15) is 5.71 Å². The summed E-state index contributed by atoms with van der Waals surface area (Å²) in [7, 11) is 0. The smallest absolute Gasteiger partial charge is 0.270 e. The van der Waals surface area contributed by atoms with E-state index in [0.29, 0.717) is 38.4 Å². The van der Waals surface area contributed by atoms with Crippen molar-refractivity contribution in [2.75, 3.05) is 19.8 Å². The third kappa shape index (κ3) is 5.13. The van der Waals surface area contributed by atoms with E-state index in [1.54, 1.807) is 4.90 Å². The summed E-state index contributed by atoms with van der Waals surface area (Å²) >= 11 is 0. The molecule has 2 aliphatic heterocycles. The minimum atomic E-state index is -0.343. The largest absolute Gasteiger partial charge is 0.377 e. The van der Waals surface area contributed by atoms with E-state index in [4.69, 9.17) is 4.74 Å². The number of carbonyl (C=O) groups is 3. The van der Waals surface area contributed by atoms with Gasteiger partial charge in [0, 0.05) is 32.4 Å². The zero-order chi connectivity index (χ0) is 19.2. The summed E-state index contributed by atoms with van der Waals surface area (Å²) in [6.45, 7) is 3.59. The lowest BCUT2D eigenvalue weighted by Gasteiger charge is -2.35. The molecule has 0 aromatic heterocycles. The topological polar surface area (TPSA) is 100 Å². The number of hydrazone groups is 1. The molecule has 0 spiro atoms. The lowest BCUT2D eigenvalue weighted by atomic mass is 10.1. The fraction of sp³-hybridized carbons (Fsp3) is 0.474. The van der Waals surface area contributed by atoms with Crippen LogP contribution in [0, 0.1) is 6.92 Å². The first-order valence-corrected chi connectivity index (χ1v) is 9.09. The Morgan fingerprint density at radius 2 is 2.22 bits per heavy atom. The molecule has 2 aliphatic rings. The van der Waals surface area contributed by atoms with Crippen molar-refractivity contribution in [3.8, 4) is 0 Å². The Labute approximate surface area is 157 Å². The van der Waals surface area contributed by atoms with Gasteiger partial charge >= 0.3 is 0 Å². The molecule has 0 bridgehead atoms. The second-order valence-corrected chi connectivity index (χ2v) is 6.79. The fourth-order valence-corrected chi connectivity index (χ4v) is 3.19. The van der Waals surface area contributed by atoms with E-state index in [1.807, 2.05) is 31.2 Å². The van der Waals surface area contributed by atoms with Crippen molar-refractivity contribution in [1.82, 2.24) is 15.6 Å². The van der Waals surface area contributed by atoms with Crippen LogP contribution in [0.4, 0.5) is 0 Å². The van der Waals surface area contributed by atoms with Crippen molar-refractivity contribution in [1.29, 1.82) is 0 Å². The predicted octanol–water partition coefficient (Wildman–Crippen LogP) is 0.495. The maximum absolute atomic E-state index is 12.7. The van der Waals surface area contributed by atoms with Gasteiger partial charge < -0.3 is 15.0 Å². The Hall–Kier alpha value is -2.74. The molecule has 1 saturated heterocycles. The molecule has 3 rings (SSSR count). The van der Waals surface area contributed by atoms with Gasteiger partial charge in [-0.25, -0.2) is 5.43 Å². The molecular weight excluding hydrogens is 348 g/mol. The predicted molar refractivity (Wildman–Crippen MR) is 98.8 cm³/mol. The van der Waals surface area contributed by atoms with Gasteiger partial charge in [-0.3, -0.25) is 14.4 Å². The van der Waals surface area contributed by atoms with Crippen molar-refractivity contribution < 1.29 is 19.1 Å². The van der Waals surface area contributed by atoms with Gasteiger partial charge in [-0.2, -0.15) is 5.10 Å². The highest BCUT2D eigenvalue weighted by atomic mass is 16.5. The molecule has 8 nitrogen and oxygen atoms in total. The van der Waals surface area contributed by atoms with E-state index < -0.39 is 0 Å². The molecule has 0 radical (unpaired) electrons. The number of amides is 3. The fourth-order valence-electron chi connectivity index (χ4n) is 3.19. The van der Waals surface area contributed by atoms with Crippen LogP contribution in [0.1, 0.15) is 30.4 Å². The maximum Gasteiger partial charge on any atom is 0.270 e. The van der Waals surface area contributed by atoms with Crippen molar-refractivity contribution in [3.05, 3.63) is 35.4 Å². The Bertz CT molecular complexity index is 762. The van der Waals surface area contributed by atoms with E-state index in [9.17, 15) is 14.4 Å². The van der Waals surface area contributed by atoms with Crippen molar-refractivity contribution in [3.63, 3.8) is 0 Å². The van der Waals surface area contributed by atoms with Crippen molar-refractivity contribution >= 4 is 23.4 Å². The molecule has 2 N–H and O–H groups in total. The summed E-state index contributed by atoms with van der Waals surface area (Å²) in [5.41, 5.74) is 4.83. The molecule has 27 heavy (non-hydrogen) atoms. The van der Waals surface area contributed by atoms with Gasteiger partial charge in [0.2, 0.25) is 11.8 Å². The first-order valence-electron chi connectivity index (χ1n) is 9.09. The lowest BCUT2D eigenvalue weighted by molar-refractivity contribution is -0.135. The summed E-state index contributed by atoms with van der Waals surface area (Å²) in [5.74, 6) is -0.570. The van der Waals surface area contributed by atoms with Crippen LogP contribution in [0.5, 0.6) is 0 Å². The third-order valence-electron chi connectivity index (χ3n) is 4.63. The van der Waals surface area contributed by atoms with Crippen LogP contribution < -0.4 is 10.7 Å². The summed E-state index contributed by atoms with van der Waals surface area (Å²) in [5, 5.41) is 6.77. The average Bonchev–Trinajstić information content (AvgIpc) is 2.67. The summed E-state index contributed by atoms with van der Waals surface area (Å²) in [6.07, 6.45) is 0.724. The summed E-state index contributed by atoms with van der Waals surface area (Å²) < 4.78 is 5.46. The quantitative estimate of drug-likeness (QED) is 0.786. The highest BCUT2D eigenvalue weighted by molar-refractivity contribution is 6.39. The van der Waals surface area contributed by atoms with E-state index in [1.165, 1.54) is 0 Å². The van der Waals surface area contributed by atoms with Gasteiger partial charge in [-0.1, -0.05) is 29.8 Å². The highest BCUT2D eigenvalue weighted by Crippen LogP contribution is 2.14. The Kier molecular flexibility index (Phi) is 6.18. The molecule has 1 aromatic carbocycles. The minimum absolute atomic E-state index is 0.135. The van der Waals surface area contributed by atoms with Crippen LogP contribution in [-0.2, 0) is 25.7 Å². The molecule has 0 aliphatic carbocycles. The second-order valence-electron chi connectivity index (χ2n) is 6.79. The van der Waals surface area contributed by atoms with Crippen molar-refractivity contribution in [2.24, 2.45) is 5.10 Å². The van der Waals surface area contributed by atoms with E-state index in [2.05, 4.69) is 15.8 Å². The highest BCUT2D eigenvalue weighted by Gasteiger charge is 2.32. The van der Waals surface area contributed by atoms with E-state index in [0.717, 1.165) is 11.1 Å². The Morgan fingerprint density at radius 1 is 1.37 bits per heavy atom. The van der Waals surface area contributed by atoms with Gasteiger partial charge in [0.25, 0.3) is 5.91 Å². The molecule has 1 fully saturated rings. The number of morpholine rings is 1. The van der Waals surface area contributed by atoms with Gasteiger partial charge in [-0.05, 0) is 12.5 Å². The zero-order valence-electron chi connectivity index (χ0n) is 15.4. The number of rotatable bonds is 5. The Balaban J connectivity index is 1.57. The average molecular weight is 372 g/mol. The molecular formula is C19H24N4O4. The Morgan fingerprint density at radius 3 is 2.96 bits per heavy atom. The normalized spacial score (nSPS) is 19.9. The van der Waals surface area contributed by atoms with Crippen LogP contribution in [0.2, 0.25) is 0 Å². The molecule has 2 heterocycles.